The standard InChI is InChI=1S/C33H42FN7O4S/c1-4-32(42)41-15-6-8-28(41)23-9-10-27(39-14-5-7-22(19-39)21-46(3,43)44)25-18-36-31(17-24(23)25)37-30-11-13-35-33(38-30)40-16-12-29(45-2)26(34)20-40/h4,9-11,13,17-18,22,26,28-29H,1,5-8,12,14-16,19-21H2,2-3H3,(H,35,36,37,38)/t22-,26+,28+,29-/m1/s1. The summed E-state index contributed by atoms with van der Waals surface area (Å²) >= 11 is 0. The molecule has 1 amide bonds. The molecule has 11 nitrogen and oxygen atoms in total. The van der Waals surface area contributed by atoms with Crippen LogP contribution in [0.25, 0.3) is 10.8 Å². The molecule has 6 rings (SSSR count). The zero-order valence-electron chi connectivity index (χ0n) is 26.4. The van der Waals surface area contributed by atoms with Gasteiger partial charge in [-0.1, -0.05) is 12.6 Å². The van der Waals surface area contributed by atoms with Crippen molar-refractivity contribution in [2.45, 2.75) is 50.4 Å². The van der Waals surface area contributed by atoms with Crippen LogP contribution in [-0.4, -0.2) is 98.3 Å². The maximum Gasteiger partial charge on any atom is 0.246 e. The van der Waals surface area contributed by atoms with E-state index >= 15 is 0 Å². The fourth-order valence-electron chi connectivity index (χ4n) is 7.23. The van der Waals surface area contributed by atoms with Gasteiger partial charge in [0.15, 0.2) is 0 Å². The third-order valence-electron chi connectivity index (χ3n) is 9.35. The molecular weight excluding hydrogens is 609 g/mol. The van der Waals surface area contributed by atoms with E-state index in [2.05, 4.69) is 38.9 Å². The summed E-state index contributed by atoms with van der Waals surface area (Å²) in [7, 11) is -1.56. The zero-order valence-corrected chi connectivity index (χ0v) is 27.3. The van der Waals surface area contributed by atoms with Crippen molar-refractivity contribution < 1.29 is 22.3 Å². The van der Waals surface area contributed by atoms with Crippen molar-refractivity contribution in [3.8, 4) is 0 Å². The first-order valence-electron chi connectivity index (χ1n) is 15.9. The molecule has 4 atom stereocenters. The number of carbonyl (C=O) groups is 1. The van der Waals surface area contributed by atoms with Gasteiger partial charge in [0.25, 0.3) is 0 Å². The van der Waals surface area contributed by atoms with Crippen LogP contribution in [0, 0.1) is 5.92 Å². The van der Waals surface area contributed by atoms with Crippen LogP contribution in [0.4, 0.5) is 27.7 Å². The van der Waals surface area contributed by atoms with E-state index in [1.165, 1.54) is 19.4 Å². The number of nitrogens with one attached hydrogen (secondary N) is 1. The number of hydrogen-bond donors (Lipinski definition) is 1. The number of fused-ring (bicyclic) bond motifs is 1. The number of methoxy groups -OCH3 is 1. The maximum absolute atomic E-state index is 14.6. The highest BCUT2D eigenvalue weighted by Gasteiger charge is 2.32. The number of hydrogen-bond acceptors (Lipinski definition) is 10. The zero-order chi connectivity index (χ0) is 32.4. The molecule has 0 spiro atoms. The van der Waals surface area contributed by atoms with Crippen molar-refractivity contribution in [1.82, 2.24) is 19.9 Å². The number of piperidine rings is 2. The second-order valence-corrected chi connectivity index (χ2v) is 14.8. The summed E-state index contributed by atoms with van der Waals surface area (Å²) in [6.45, 7) is 6.60. The van der Waals surface area contributed by atoms with Crippen molar-refractivity contribution in [2.75, 3.05) is 67.0 Å². The first-order valence-corrected chi connectivity index (χ1v) is 18.0. The minimum Gasteiger partial charge on any atom is -0.378 e. The molecule has 2 aromatic heterocycles. The minimum atomic E-state index is -3.09. The van der Waals surface area contributed by atoms with Gasteiger partial charge in [0.2, 0.25) is 11.9 Å². The van der Waals surface area contributed by atoms with E-state index in [1.54, 1.807) is 12.3 Å². The Hall–Kier alpha value is -3.84. The van der Waals surface area contributed by atoms with Crippen LogP contribution in [0.15, 0.2) is 49.3 Å². The smallest absolute Gasteiger partial charge is 0.246 e. The SMILES string of the molecule is C=CC(=O)N1CCC[C@H]1c1ccc(N2CCC[C@@H](CS(C)(=O)=O)C2)c2cnc(Nc3ccnc(N4CC[C@@H](OC)[C@@H](F)C4)n3)cc12. The lowest BCUT2D eigenvalue weighted by atomic mass is 9.94. The number of ether oxygens (including phenoxy) is 1. The highest BCUT2D eigenvalue weighted by molar-refractivity contribution is 7.90. The Morgan fingerprint density at radius 1 is 1.07 bits per heavy atom. The van der Waals surface area contributed by atoms with Gasteiger partial charge in [0, 0.05) is 63.0 Å². The average molecular weight is 652 g/mol. The highest BCUT2D eigenvalue weighted by Crippen LogP contribution is 2.41. The lowest BCUT2D eigenvalue weighted by Gasteiger charge is -2.35. The summed E-state index contributed by atoms with van der Waals surface area (Å²) < 4.78 is 44.0. The molecule has 1 N–H and O–H groups in total. The normalized spacial score (nSPS) is 23.9. The molecule has 3 aliphatic heterocycles. The Kier molecular flexibility index (Phi) is 9.42. The van der Waals surface area contributed by atoms with Crippen LogP contribution >= 0.6 is 0 Å². The molecule has 0 saturated carbocycles. The fourth-order valence-corrected chi connectivity index (χ4v) is 8.36. The third-order valence-corrected chi connectivity index (χ3v) is 10.4. The Balaban J connectivity index is 1.34. The number of amides is 1. The molecule has 3 saturated heterocycles. The van der Waals surface area contributed by atoms with Crippen molar-refractivity contribution >= 4 is 49.8 Å². The van der Waals surface area contributed by atoms with Crippen molar-refractivity contribution in [2.24, 2.45) is 5.92 Å². The molecule has 3 aliphatic rings. The molecule has 0 unspecified atom stereocenters. The van der Waals surface area contributed by atoms with Gasteiger partial charge in [0.1, 0.15) is 27.6 Å². The third kappa shape index (κ3) is 6.95. The molecule has 5 heterocycles. The molecule has 246 valence electrons. The maximum atomic E-state index is 14.6. The van der Waals surface area contributed by atoms with Gasteiger partial charge < -0.3 is 24.8 Å². The number of rotatable bonds is 9. The fraction of sp³-hybridized carbons (Fsp3) is 0.515. The van der Waals surface area contributed by atoms with Crippen LogP contribution in [0.2, 0.25) is 0 Å². The topological polar surface area (TPSA) is 121 Å². The summed E-state index contributed by atoms with van der Waals surface area (Å²) in [6, 6.07) is 7.82. The number of anilines is 4. The van der Waals surface area contributed by atoms with E-state index in [9.17, 15) is 17.6 Å². The molecule has 3 aromatic rings. The van der Waals surface area contributed by atoms with Crippen LogP contribution in [0.1, 0.15) is 43.7 Å². The van der Waals surface area contributed by atoms with Gasteiger partial charge in [-0.3, -0.25) is 4.79 Å². The summed E-state index contributed by atoms with van der Waals surface area (Å²) in [5, 5.41) is 5.22. The molecule has 13 heteroatoms. The molecule has 0 aliphatic carbocycles. The number of sulfone groups is 1. The van der Waals surface area contributed by atoms with Gasteiger partial charge in [0.05, 0.1) is 24.4 Å². The molecule has 0 radical (unpaired) electrons. The van der Waals surface area contributed by atoms with Crippen LogP contribution in [0.5, 0.6) is 0 Å². The Bertz CT molecular complexity index is 1710. The molecule has 46 heavy (non-hydrogen) atoms. The number of halogens is 1. The Morgan fingerprint density at radius 3 is 2.65 bits per heavy atom. The number of benzene rings is 1. The summed E-state index contributed by atoms with van der Waals surface area (Å²) in [5.41, 5.74) is 2.03. The van der Waals surface area contributed by atoms with E-state index in [0.717, 1.165) is 54.3 Å². The molecule has 0 bridgehead atoms. The largest absolute Gasteiger partial charge is 0.378 e. The highest BCUT2D eigenvalue weighted by atomic mass is 32.2. The number of likely N-dealkylation sites (tertiary alicyclic amines) is 1. The predicted molar refractivity (Wildman–Crippen MR) is 178 cm³/mol. The van der Waals surface area contributed by atoms with Crippen molar-refractivity contribution in [3.63, 3.8) is 0 Å². The lowest BCUT2D eigenvalue weighted by molar-refractivity contribution is -0.126. The monoisotopic (exact) mass is 651 g/mol. The number of alkyl halides is 1. The van der Waals surface area contributed by atoms with Gasteiger partial charge in [-0.2, -0.15) is 4.98 Å². The quantitative estimate of drug-likeness (QED) is 0.333. The number of pyridine rings is 1. The molecule has 3 fully saturated rings. The van der Waals surface area contributed by atoms with Gasteiger partial charge in [-0.05, 0) is 73.2 Å². The average Bonchev–Trinajstić information content (AvgIpc) is 3.53. The van der Waals surface area contributed by atoms with Gasteiger partial charge in [-0.15, -0.1) is 0 Å². The number of carbonyl (C=O) groups excluding carboxylic acids is 1. The summed E-state index contributed by atoms with van der Waals surface area (Å²) in [5.74, 6) is 1.68. The van der Waals surface area contributed by atoms with Crippen molar-refractivity contribution in [1.29, 1.82) is 0 Å². The summed E-state index contributed by atoms with van der Waals surface area (Å²) in [6.07, 6.45) is 8.68. The van der Waals surface area contributed by atoms with E-state index in [0.29, 0.717) is 43.6 Å². The summed E-state index contributed by atoms with van der Waals surface area (Å²) in [4.78, 5) is 32.6. The second kappa shape index (κ2) is 13.5. The van der Waals surface area contributed by atoms with Crippen LogP contribution in [0.3, 0.4) is 0 Å². The van der Waals surface area contributed by atoms with Crippen LogP contribution in [-0.2, 0) is 19.4 Å². The van der Waals surface area contributed by atoms with Gasteiger partial charge in [-0.25, -0.2) is 22.8 Å². The Labute approximate surface area is 269 Å². The first kappa shape index (κ1) is 32.1. The van der Waals surface area contributed by atoms with E-state index in [-0.39, 0.29) is 30.2 Å². The van der Waals surface area contributed by atoms with E-state index < -0.39 is 22.1 Å². The minimum absolute atomic E-state index is 0.0582. The van der Waals surface area contributed by atoms with Crippen LogP contribution < -0.4 is 15.1 Å². The molecule has 1 aromatic carbocycles. The van der Waals surface area contributed by atoms with E-state index in [1.807, 2.05) is 22.1 Å². The number of aromatic nitrogens is 3. The molecular formula is C33H42FN7O4S. The number of nitrogens with zero attached hydrogens (tertiary/aromatic N) is 6. The van der Waals surface area contributed by atoms with Gasteiger partial charge >= 0.3 is 0 Å². The first-order chi connectivity index (χ1) is 22.1. The predicted octanol–water partition coefficient (Wildman–Crippen LogP) is 4.44. The second-order valence-electron chi connectivity index (χ2n) is 12.6. The Morgan fingerprint density at radius 2 is 1.89 bits per heavy atom. The van der Waals surface area contributed by atoms with Crippen molar-refractivity contribution in [3.05, 3.63) is 54.9 Å². The lowest BCUT2D eigenvalue weighted by Crippen LogP contribution is -2.46. The van der Waals surface area contributed by atoms with E-state index in [4.69, 9.17) is 9.72 Å².